The highest BCUT2D eigenvalue weighted by Crippen LogP contribution is 2.33. The Labute approximate surface area is 186 Å². The van der Waals surface area contributed by atoms with Gasteiger partial charge in [0.05, 0.1) is 21.9 Å². The first-order valence-corrected chi connectivity index (χ1v) is 11.4. The summed E-state index contributed by atoms with van der Waals surface area (Å²) >= 11 is 8.76. The van der Waals surface area contributed by atoms with Crippen LogP contribution in [0.25, 0.3) is 6.08 Å². The first-order valence-electron chi connectivity index (χ1n) is 9.37. The molecule has 1 aliphatic heterocycles. The van der Waals surface area contributed by atoms with E-state index in [1.807, 2.05) is 35.7 Å². The van der Waals surface area contributed by atoms with Gasteiger partial charge in [-0.3, -0.25) is 9.36 Å². The Kier molecular flexibility index (Phi) is 5.77. The minimum Gasteiger partial charge on any atom is -0.459 e. The molecule has 3 aromatic rings. The zero-order valence-electron chi connectivity index (χ0n) is 16.6. The summed E-state index contributed by atoms with van der Waals surface area (Å²) in [6, 6.07) is 10.5. The summed E-state index contributed by atoms with van der Waals surface area (Å²) in [5, 5.41) is 2.56. The minimum absolute atomic E-state index is 0.186. The summed E-state index contributed by atoms with van der Waals surface area (Å²) in [6.45, 7) is 5.39. The number of hydrogen-bond acceptors (Lipinski definition) is 6. The number of nitrogens with zero attached hydrogens (tertiary/aromatic N) is 2. The van der Waals surface area contributed by atoms with E-state index in [1.165, 1.54) is 22.7 Å². The van der Waals surface area contributed by atoms with E-state index in [2.05, 4.69) is 4.99 Å². The van der Waals surface area contributed by atoms with Gasteiger partial charge in [-0.15, -0.1) is 11.3 Å². The number of carbonyl (C=O) groups is 1. The molecule has 1 aromatic carbocycles. The Morgan fingerprint density at radius 3 is 2.63 bits per heavy atom. The largest absolute Gasteiger partial charge is 0.459 e. The molecule has 8 heteroatoms. The molecule has 3 heterocycles. The molecule has 154 valence electrons. The summed E-state index contributed by atoms with van der Waals surface area (Å²) in [6.07, 6.45) is 1.55. The Morgan fingerprint density at radius 2 is 2.00 bits per heavy atom. The van der Waals surface area contributed by atoms with E-state index in [9.17, 15) is 9.59 Å². The van der Waals surface area contributed by atoms with Crippen molar-refractivity contribution in [2.75, 3.05) is 0 Å². The lowest BCUT2D eigenvalue weighted by Gasteiger charge is -2.24. The molecule has 1 atom stereocenters. The van der Waals surface area contributed by atoms with Crippen LogP contribution in [0.2, 0.25) is 5.02 Å². The van der Waals surface area contributed by atoms with Crippen LogP contribution in [0.15, 0.2) is 62.8 Å². The van der Waals surface area contributed by atoms with Crippen molar-refractivity contribution in [3.05, 3.63) is 88.2 Å². The van der Waals surface area contributed by atoms with E-state index in [4.69, 9.17) is 16.3 Å². The predicted octanol–water partition coefficient (Wildman–Crippen LogP) is 3.90. The fourth-order valence-electron chi connectivity index (χ4n) is 3.29. The molecule has 1 aliphatic rings. The third kappa shape index (κ3) is 3.93. The van der Waals surface area contributed by atoms with E-state index in [1.54, 1.807) is 37.5 Å². The Balaban J connectivity index is 1.91. The highest BCUT2D eigenvalue weighted by atomic mass is 35.5. The molecule has 2 aromatic heterocycles. The molecular formula is C22H19ClN2O3S2. The minimum atomic E-state index is -0.556. The summed E-state index contributed by atoms with van der Waals surface area (Å²) in [7, 11) is 0. The van der Waals surface area contributed by atoms with Gasteiger partial charge >= 0.3 is 5.97 Å². The van der Waals surface area contributed by atoms with Crippen molar-refractivity contribution in [3.8, 4) is 0 Å². The van der Waals surface area contributed by atoms with Gasteiger partial charge in [0.15, 0.2) is 4.80 Å². The Hall–Kier alpha value is -2.48. The van der Waals surface area contributed by atoms with Crippen molar-refractivity contribution >= 4 is 46.3 Å². The summed E-state index contributed by atoms with van der Waals surface area (Å²) in [5.74, 6) is -0.448. The third-order valence-corrected chi connectivity index (χ3v) is 6.72. The van der Waals surface area contributed by atoms with Crippen LogP contribution < -0.4 is 14.9 Å². The van der Waals surface area contributed by atoms with Crippen molar-refractivity contribution in [1.29, 1.82) is 0 Å². The number of aromatic nitrogens is 1. The van der Waals surface area contributed by atoms with Crippen molar-refractivity contribution in [2.45, 2.75) is 32.9 Å². The number of hydrogen-bond donors (Lipinski definition) is 0. The van der Waals surface area contributed by atoms with Gasteiger partial charge in [0, 0.05) is 9.90 Å². The molecule has 0 radical (unpaired) electrons. The van der Waals surface area contributed by atoms with Gasteiger partial charge in [-0.1, -0.05) is 41.1 Å². The van der Waals surface area contributed by atoms with Crippen LogP contribution in [-0.2, 0) is 9.53 Å². The van der Waals surface area contributed by atoms with Crippen LogP contribution in [-0.4, -0.2) is 16.6 Å². The maximum absolute atomic E-state index is 13.4. The van der Waals surface area contributed by atoms with Crippen molar-refractivity contribution in [3.63, 3.8) is 0 Å². The summed E-state index contributed by atoms with van der Waals surface area (Å²) < 4.78 is 7.62. The number of halogens is 1. The topological polar surface area (TPSA) is 60.7 Å². The fourth-order valence-corrected chi connectivity index (χ4v) is 5.28. The molecule has 0 N–H and O–H groups in total. The lowest BCUT2D eigenvalue weighted by atomic mass is 10.0. The highest BCUT2D eigenvalue weighted by Gasteiger charge is 2.34. The van der Waals surface area contributed by atoms with Crippen LogP contribution in [0.3, 0.4) is 0 Å². The molecule has 5 nitrogen and oxygen atoms in total. The summed E-state index contributed by atoms with van der Waals surface area (Å²) in [4.78, 5) is 32.3. The van der Waals surface area contributed by atoms with Gasteiger partial charge in [-0.2, -0.15) is 0 Å². The van der Waals surface area contributed by atoms with Crippen LogP contribution in [0, 0.1) is 0 Å². The van der Waals surface area contributed by atoms with Gasteiger partial charge in [0.2, 0.25) is 0 Å². The third-order valence-electron chi connectivity index (χ3n) is 4.56. The second-order valence-electron chi connectivity index (χ2n) is 7.10. The van der Waals surface area contributed by atoms with Crippen LogP contribution >= 0.6 is 34.3 Å². The number of fused-ring (bicyclic) bond motifs is 1. The number of ether oxygens (including phenoxy) is 1. The molecule has 0 aliphatic carbocycles. The molecule has 0 amide bonds. The molecule has 0 saturated heterocycles. The molecular weight excluding hydrogens is 440 g/mol. The van der Waals surface area contributed by atoms with Gasteiger partial charge < -0.3 is 4.74 Å². The van der Waals surface area contributed by atoms with Crippen molar-refractivity contribution < 1.29 is 9.53 Å². The zero-order valence-corrected chi connectivity index (χ0v) is 19.0. The van der Waals surface area contributed by atoms with Gasteiger partial charge in [0.1, 0.15) is 6.04 Å². The molecule has 0 saturated carbocycles. The molecule has 30 heavy (non-hydrogen) atoms. The standard InChI is InChI=1S/C22H19ClN2O3S2/c1-12(2)28-21(27)18-13(3)24-22-25(19(18)16-5-4-10-29-16)20(26)17(30-22)11-14-6-8-15(23)9-7-14/h4-12,19H,1-3H3. The Morgan fingerprint density at radius 1 is 1.27 bits per heavy atom. The predicted molar refractivity (Wildman–Crippen MR) is 121 cm³/mol. The van der Waals surface area contributed by atoms with E-state index < -0.39 is 12.0 Å². The average molecular weight is 459 g/mol. The number of rotatable bonds is 4. The molecule has 0 fully saturated rings. The van der Waals surface area contributed by atoms with Crippen molar-refractivity contribution in [2.24, 2.45) is 4.99 Å². The van der Waals surface area contributed by atoms with Gasteiger partial charge in [-0.25, -0.2) is 9.79 Å². The first-order chi connectivity index (χ1) is 14.3. The lowest BCUT2D eigenvalue weighted by Crippen LogP contribution is -2.39. The lowest BCUT2D eigenvalue weighted by molar-refractivity contribution is -0.143. The maximum atomic E-state index is 13.4. The number of benzene rings is 1. The Bertz CT molecular complexity index is 1300. The van der Waals surface area contributed by atoms with E-state index in [0.29, 0.717) is 25.6 Å². The molecule has 4 rings (SSSR count). The number of thiophene rings is 1. The maximum Gasteiger partial charge on any atom is 0.338 e. The fraction of sp³-hybridized carbons (Fsp3) is 0.227. The second-order valence-corrected chi connectivity index (χ2v) is 9.53. The monoisotopic (exact) mass is 458 g/mol. The normalized spacial score (nSPS) is 16.6. The number of carbonyl (C=O) groups excluding carboxylic acids is 1. The van der Waals surface area contributed by atoms with Crippen LogP contribution in [0.4, 0.5) is 0 Å². The molecule has 1 unspecified atom stereocenters. The molecule has 0 spiro atoms. The second kappa shape index (κ2) is 8.34. The van der Waals surface area contributed by atoms with E-state index in [0.717, 1.165) is 10.4 Å². The highest BCUT2D eigenvalue weighted by molar-refractivity contribution is 7.10. The number of thiazole rings is 1. The quantitative estimate of drug-likeness (QED) is 0.557. The SMILES string of the molecule is CC1=C(C(=O)OC(C)C)C(c2cccs2)n2c(sc(=Cc3ccc(Cl)cc3)c2=O)=N1. The van der Waals surface area contributed by atoms with E-state index in [-0.39, 0.29) is 11.7 Å². The zero-order chi connectivity index (χ0) is 21.4. The smallest absolute Gasteiger partial charge is 0.338 e. The van der Waals surface area contributed by atoms with Gasteiger partial charge in [-0.05, 0) is 56.0 Å². The van der Waals surface area contributed by atoms with Crippen LogP contribution in [0.1, 0.15) is 37.3 Å². The van der Waals surface area contributed by atoms with Crippen molar-refractivity contribution in [1.82, 2.24) is 4.57 Å². The van der Waals surface area contributed by atoms with Gasteiger partial charge in [0.25, 0.3) is 5.56 Å². The average Bonchev–Trinajstić information content (AvgIpc) is 3.31. The van der Waals surface area contributed by atoms with Crippen LogP contribution in [0.5, 0.6) is 0 Å². The van der Waals surface area contributed by atoms with E-state index >= 15 is 0 Å². The first kappa shape index (κ1) is 20.8. The molecule has 0 bridgehead atoms. The summed E-state index contributed by atoms with van der Waals surface area (Å²) in [5.41, 5.74) is 1.65. The number of esters is 1. The number of allylic oxidation sites excluding steroid dienone is 1.